The van der Waals surface area contributed by atoms with Gasteiger partial charge in [-0.05, 0) is 18.1 Å². The van der Waals surface area contributed by atoms with Gasteiger partial charge in [-0.25, -0.2) is 4.79 Å². The Labute approximate surface area is 81.1 Å². The van der Waals surface area contributed by atoms with Crippen molar-refractivity contribution >= 4 is 5.97 Å². The van der Waals surface area contributed by atoms with Crippen LogP contribution in [0.3, 0.4) is 0 Å². The van der Waals surface area contributed by atoms with Crippen LogP contribution < -0.4 is 0 Å². The van der Waals surface area contributed by atoms with E-state index >= 15 is 0 Å². The summed E-state index contributed by atoms with van der Waals surface area (Å²) in [6, 6.07) is 4.90. The fourth-order valence-corrected chi connectivity index (χ4v) is 0.786. The molecule has 14 heavy (non-hydrogen) atoms. The van der Waals surface area contributed by atoms with Gasteiger partial charge in [-0.2, -0.15) is 5.26 Å². The Kier molecular flexibility index (Phi) is 3.34. The SMILES string of the molecule is COC(=O)c1ccc(C#CCC#N)o1. The number of carbonyl (C=O) groups excluding carboxylic acids is 1. The highest BCUT2D eigenvalue weighted by Gasteiger charge is 2.09. The van der Waals surface area contributed by atoms with Crippen molar-refractivity contribution in [2.24, 2.45) is 0 Å². The first-order valence-electron chi connectivity index (χ1n) is 3.82. The number of furan rings is 1. The summed E-state index contributed by atoms with van der Waals surface area (Å²) >= 11 is 0. The number of rotatable bonds is 1. The predicted octanol–water partition coefficient (Wildman–Crippen LogP) is 1.33. The van der Waals surface area contributed by atoms with Crippen molar-refractivity contribution < 1.29 is 13.9 Å². The summed E-state index contributed by atoms with van der Waals surface area (Å²) in [6.07, 6.45) is 0.133. The topological polar surface area (TPSA) is 63.2 Å². The molecule has 0 atom stereocenters. The molecule has 0 fully saturated rings. The van der Waals surface area contributed by atoms with Crippen molar-refractivity contribution in [2.45, 2.75) is 6.42 Å². The third-order valence-electron chi connectivity index (χ3n) is 1.37. The number of ether oxygens (including phenoxy) is 1. The molecule has 0 saturated carbocycles. The monoisotopic (exact) mass is 189 g/mol. The third-order valence-corrected chi connectivity index (χ3v) is 1.37. The summed E-state index contributed by atoms with van der Waals surface area (Å²) in [5.41, 5.74) is 0. The zero-order valence-corrected chi connectivity index (χ0v) is 7.53. The average Bonchev–Trinajstić information content (AvgIpc) is 2.66. The number of hydrogen-bond acceptors (Lipinski definition) is 4. The lowest BCUT2D eigenvalue weighted by Crippen LogP contribution is -1.98. The summed E-state index contributed by atoms with van der Waals surface area (Å²) in [5, 5.41) is 8.22. The molecule has 1 rings (SSSR count). The minimum Gasteiger partial charge on any atom is -0.463 e. The summed E-state index contributed by atoms with van der Waals surface area (Å²) < 4.78 is 9.47. The van der Waals surface area contributed by atoms with E-state index in [-0.39, 0.29) is 12.2 Å². The van der Waals surface area contributed by atoms with Crippen LogP contribution in [-0.2, 0) is 4.74 Å². The van der Waals surface area contributed by atoms with Crippen LogP contribution in [0.2, 0.25) is 0 Å². The number of methoxy groups -OCH3 is 1. The van der Waals surface area contributed by atoms with Gasteiger partial charge in [-0.1, -0.05) is 5.92 Å². The normalized spacial score (nSPS) is 8.29. The van der Waals surface area contributed by atoms with E-state index in [0.717, 1.165) is 0 Å². The molecular formula is C10H7NO3. The molecule has 1 heterocycles. The molecule has 0 aliphatic carbocycles. The second-order valence-electron chi connectivity index (χ2n) is 2.29. The number of esters is 1. The molecule has 0 radical (unpaired) electrons. The van der Waals surface area contributed by atoms with E-state index in [1.807, 2.05) is 6.07 Å². The molecule has 0 amide bonds. The van der Waals surface area contributed by atoms with Gasteiger partial charge in [0, 0.05) is 0 Å². The van der Waals surface area contributed by atoms with Crippen LogP contribution in [0.5, 0.6) is 0 Å². The molecule has 0 saturated heterocycles. The van der Waals surface area contributed by atoms with E-state index < -0.39 is 5.97 Å². The lowest BCUT2D eigenvalue weighted by Gasteiger charge is -1.90. The molecule has 1 aromatic rings. The Morgan fingerprint density at radius 1 is 1.64 bits per heavy atom. The molecule has 0 aliphatic rings. The highest BCUT2D eigenvalue weighted by atomic mass is 16.5. The first kappa shape index (κ1) is 9.88. The smallest absolute Gasteiger partial charge is 0.374 e. The molecule has 0 spiro atoms. The molecule has 70 valence electrons. The van der Waals surface area contributed by atoms with E-state index in [1.54, 1.807) is 6.07 Å². The number of nitriles is 1. The fourth-order valence-electron chi connectivity index (χ4n) is 0.786. The molecular weight excluding hydrogens is 182 g/mol. The zero-order chi connectivity index (χ0) is 10.4. The van der Waals surface area contributed by atoms with Crippen molar-refractivity contribution in [1.82, 2.24) is 0 Å². The van der Waals surface area contributed by atoms with Crippen LogP contribution in [0.1, 0.15) is 22.7 Å². The van der Waals surface area contributed by atoms with Crippen LogP contribution in [0.4, 0.5) is 0 Å². The number of nitrogens with zero attached hydrogens (tertiary/aromatic N) is 1. The van der Waals surface area contributed by atoms with Gasteiger partial charge >= 0.3 is 5.97 Å². The Bertz CT molecular complexity index is 428. The molecule has 0 aliphatic heterocycles. The van der Waals surface area contributed by atoms with Gasteiger partial charge in [0.25, 0.3) is 0 Å². The van der Waals surface area contributed by atoms with E-state index in [9.17, 15) is 4.79 Å². The Balaban J connectivity index is 2.76. The molecule has 1 aromatic heterocycles. The molecule has 0 bridgehead atoms. The third kappa shape index (κ3) is 2.40. The number of carbonyl (C=O) groups is 1. The first-order valence-corrected chi connectivity index (χ1v) is 3.82. The van der Waals surface area contributed by atoms with Crippen molar-refractivity contribution in [1.29, 1.82) is 5.26 Å². The molecule has 0 N–H and O–H groups in total. The quantitative estimate of drug-likeness (QED) is 0.493. The summed E-state index contributed by atoms with van der Waals surface area (Å²) in [6.45, 7) is 0. The first-order chi connectivity index (χ1) is 6.77. The van der Waals surface area contributed by atoms with E-state index in [0.29, 0.717) is 5.76 Å². The fraction of sp³-hybridized carbons (Fsp3) is 0.200. The Morgan fingerprint density at radius 2 is 2.43 bits per heavy atom. The van der Waals surface area contributed by atoms with Crippen molar-refractivity contribution in [3.8, 4) is 17.9 Å². The standard InChI is InChI=1S/C10H7NO3/c1-13-10(12)9-6-5-8(14-9)4-2-3-7-11/h5-6H,3H2,1H3. The highest BCUT2D eigenvalue weighted by molar-refractivity contribution is 5.86. The maximum absolute atomic E-state index is 10.9. The van der Waals surface area contributed by atoms with Crippen molar-refractivity contribution in [2.75, 3.05) is 7.11 Å². The number of hydrogen-bond donors (Lipinski definition) is 0. The second-order valence-corrected chi connectivity index (χ2v) is 2.29. The van der Waals surface area contributed by atoms with Crippen LogP contribution in [0, 0.1) is 23.2 Å². The molecule has 4 nitrogen and oxygen atoms in total. The summed E-state index contributed by atoms with van der Waals surface area (Å²) in [7, 11) is 1.27. The maximum Gasteiger partial charge on any atom is 0.374 e. The Hall–Kier alpha value is -2.20. The van der Waals surface area contributed by atoms with Gasteiger partial charge in [-0.15, -0.1) is 0 Å². The second kappa shape index (κ2) is 4.74. The van der Waals surface area contributed by atoms with Crippen LogP contribution >= 0.6 is 0 Å². The molecule has 0 unspecified atom stereocenters. The van der Waals surface area contributed by atoms with Gasteiger partial charge < -0.3 is 9.15 Å². The largest absolute Gasteiger partial charge is 0.463 e. The van der Waals surface area contributed by atoms with Gasteiger partial charge in [0.1, 0.15) is 0 Å². The summed E-state index contributed by atoms with van der Waals surface area (Å²) in [4.78, 5) is 10.9. The van der Waals surface area contributed by atoms with Crippen molar-refractivity contribution in [3.63, 3.8) is 0 Å². The average molecular weight is 189 g/mol. The van der Waals surface area contributed by atoms with Crippen LogP contribution in [0.15, 0.2) is 16.5 Å². The highest BCUT2D eigenvalue weighted by Crippen LogP contribution is 2.07. The van der Waals surface area contributed by atoms with E-state index in [4.69, 9.17) is 9.68 Å². The Morgan fingerprint density at radius 3 is 3.07 bits per heavy atom. The van der Waals surface area contributed by atoms with E-state index in [2.05, 4.69) is 16.6 Å². The van der Waals surface area contributed by atoms with Crippen LogP contribution in [0.25, 0.3) is 0 Å². The minimum absolute atomic E-state index is 0.105. The maximum atomic E-state index is 10.9. The van der Waals surface area contributed by atoms with Gasteiger partial charge in [-0.3, -0.25) is 0 Å². The van der Waals surface area contributed by atoms with Gasteiger partial charge in [0.2, 0.25) is 5.76 Å². The van der Waals surface area contributed by atoms with Gasteiger partial charge in [0.05, 0.1) is 19.6 Å². The zero-order valence-electron chi connectivity index (χ0n) is 7.53. The van der Waals surface area contributed by atoms with Crippen molar-refractivity contribution in [3.05, 3.63) is 23.7 Å². The minimum atomic E-state index is -0.543. The summed E-state index contributed by atoms with van der Waals surface area (Å²) in [5.74, 6) is 5.07. The molecule has 0 aromatic carbocycles. The molecule has 4 heteroatoms. The lowest BCUT2D eigenvalue weighted by molar-refractivity contribution is 0.0564. The lowest BCUT2D eigenvalue weighted by atomic mass is 10.4. The van der Waals surface area contributed by atoms with Crippen LogP contribution in [-0.4, -0.2) is 13.1 Å². The van der Waals surface area contributed by atoms with Gasteiger partial charge in [0.15, 0.2) is 5.76 Å². The van der Waals surface area contributed by atoms with E-state index in [1.165, 1.54) is 13.2 Å². The predicted molar refractivity (Wildman–Crippen MR) is 47.2 cm³/mol.